The van der Waals surface area contributed by atoms with Crippen LogP contribution in [0.4, 0.5) is 17.2 Å². The van der Waals surface area contributed by atoms with Crippen LogP contribution in [0, 0.1) is 6.92 Å². The third-order valence-electron chi connectivity index (χ3n) is 6.96. The Bertz CT molecular complexity index is 1440. The van der Waals surface area contributed by atoms with Gasteiger partial charge in [-0.05, 0) is 61.2 Å². The van der Waals surface area contributed by atoms with Gasteiger partial charge in [0.05, 0.1) is 5.56 Å². The van der Waals surface area contributed by atoms with Crippen molar-refractivity contribution in [1.82, 2.24) is 15.2 Å². The summed E-state index contributed by atoms with van der Waals surface area (Å²) in [5, 5.41) is 9.63. The van der Waals surface area contributed by atoms with E-state index >= 15 is 0 Å². The second kappa shape index (κ2) is 12.0. The van der Waals surface area contributed by atoms with Crippen LogP contribution in [0.15, 0.2) is 72.9 Å². The molecule has 1 aromatic heterocycles. The minimum atomic E-state index is -0.107. The Labute approximate surface area is 233 Å². The fourth-order valence-corrected chi connectivity index (χ4v) is 5.15. The number of fused-ring (bicyclic) bond motifs is 1. The number of halogens is 2. The monoisotopic (exact) mass is 547 g/mol. The average Bonchev–Trinajstić information content (AvgIpc) is 2.93. The lowest BCUT2D eigenvalue weighted by molar-refractivity contribution is 0.0953. The first-order valence-electron chi connectivity index (χ1n) is 12.9. The molecule has 196 valence electrons. The van der Waals surface area contributed by atoms with Gasteiger partial charge in [-0.1, -0.05) is 59.6 Å². The standard InChI is InChI=1S/C30H31Cl2N5O/c1-21-10-11-23(19-28(21)32)35-29-26-9-3-2-8-25(26)27(20-34-29)30(38)33-12-5-13-36-14-16-37(17-15-36)24-7-4-6-22(31)18-24/h2-4,6-11,18-20H,5,12-17H2,1H3,(H,33,38)(H,34,35). The summed E-state index contributed by atoms with van der Waals surface area (Å²) in [7, 11) is 0. The lowest BCUT2D eigenvalue weighted by Crippen LogP contribution is -2.47. The van der Waals surface area contributed by atoms with Gasteiger partial charge in [-0.15, -0.1) is 0 Å². The predicted molar refractivity (Wildman–Crippen MR) is 158 cm³/mol. The number of hydrogen-bond acceptors (Lipinski definition) is 5. The van der Waals surface area contributed by atoms with Crippen molar-refractivity contribution >= 4 is 57.1 Å². The third kappa shape index (κ3) is 6.21. The van der Waals surface area contributed by atoms with Gasteiger partial charge in [0.15, 0.2) is 0 Å². The van der Waals surface area contributed by atoms with Crippen LogP contribution in [0.2, 0.25) is 10.0 Å². The highest BCUT2D eigenvalue weighted by molar-refractivity contribution is 6.31. The van der Waals surface area contributed by atoms with Crippen LogP contribution >= 0.6 is 23.2 Å². The molecule has 6 nitrogen and oxygen atoms in total. The van der Waals surface area contributed by atoms with Crippen molar-refractivity contribution < 1.29 is 4.79 Å². The number of nitrogens with one attached hydrogen (secondary N) is 2. The molecule has 0 radical (unpaired) electrons. The van der Waals surface area contributed by atoms with Crippen LogP contribution < -0.4 is 15.5 Å². The fraction of sp³-hybridized carbons (Fsp3) is 0.267. The normalized spacial score (nSPS) is 14.0. The summed E-state index contributed by atoms with van der Waals surface area (Å²) >= 11 is 12.4. The molecule has 2 N–H and O–H groups in total. The number of benzene rings is 3. The van der Waals surface area contributed by atoms with Crippen molar-refractivity contribution in [2.75, 3.05) is 49.5 Å². The molecular formula is C30H31Cl2N5O. The van der Waals surface area contributed by atoms with Gasteiger partial charge in [0.1, 0.15) is 5.82 Å². The maximum atomic E-state index is 13.1. The molecule has 1 saturated heterocycles. The number of aromatic nitrogens is 1. The van der Waals surface area contributed by atoms with Gasteiger partial charge in [-0.3, -0.25) is 9.69 Å². The van der Waals surface area contributed by atoms with E-state index in [1.165, 1.54) is 5.69 Å². The first-order valence-corrected chi connectivity index (χ1v) is 13.7. The highest BCUT2D eigenvalue weighted by atomic mass is 35.5. The summed E-state index contributed by atoms with van der Waals surface area (Å²) in [5.74, 6) is 0.582. The maximum absolute atomic E-state index is 13.1. The number of rotatable bonds is 8. The van der Waals surface area contributed by atoms with E-state index in [1.54, 1.807) is 6.20 Å². The Balaban J connectivity index is 1.15. The van der Waals surface area contributed by atoms with E-state index in [0.717, 1.165) is 66.2 Å². The molecule has 1 amide bonds. The van der Waals surface area contributed by atoms with E-state index in [2.05, 4.69) is 31.5 Å². The predicted octanol–water partition coefficient (Wildman–Crippen LogP) is 6.54. The number of nitrogens with zero attached hydrogens (tertiary/aromatic N) is 3. The quantitative estimate of drug-likeness (QED) is 0.245. The van der Waals surface area contributed by atoms with Gasteiger partial charge >= 0.3 is 0 Å². The van der Waals surface area contributed by atoms with Crippen molar-refractivity contribution in [3.63, 3.8) is 0 Å². The molecule has 8 heteroatoms. The number of amides is 1. The Hall–Kier alpha value is -3.32. The summed E-state index contributed by atoms with van der Waals surface area (Å²) in [5.41, 5.74) is 3.61. The molecule has 1 aliphatic rings. The molecule has 2 heterocycles. The lowest BCUT2D eigenvalue weighted by atomic mass is 10.1. The molecule has 0 atom stereocenters. The SMILES string of the molecule is Cc1ccc(Nc2ncc(C(=O)NCCCN3CCN(c4cccc(Cl)c4)CC3)c3ccccc23)cc1Cl. The number of aryl methyl sites for hydroxylation is 1. The molecule has 4 aromatic rings. The zero-order valence-corrected chi connectivity index (χ0v) is 22.9. The molecule has 5 rings (SSSR count). The lowest BCUT2D eigenvalue weighted by Gasteiger charge is -2.36. The fourth-order valence-electron chi connectivity index (χ4n) is 4.78. The summed E-state index contributed by atoms with van der Waals surface area (Å²) in [6, 6.07) is 21.7. The summed E-state index contributed by atoms with van der Waals surface area (Å²) in [4.78, 5) is 22.5. The Kier molecular flexibility index (Phi) is 8.32. The highest BCUT2D eigenvalue weighted by Gasteiger charge is 2.18. The number of carbonyl (C=O) groups is 1. The molecular weight excluding hydrogens is 517 g/mol. The zero-order valence-electron chi connectivity index (χ0n) is 21.4. The van der Waals surface area contributed by atoms with Crippen LogP contribution in [0.3, 0.4) is 0 Å². The Morgan fingerprint density at radius 3 is 2.50 bits per heavy atom. The molecule has 1 aliphatic heterocycles. The Morgan fingerprint density at radius 2 is 1.74 bits per heavy atom. The maximum Gasteiger partial charge on any atom is 0.253 e. The van der Waals surface area contributed by atoms with Crippen LogP contribution in [-0.2, 0) is 0 Å². The van der Waals surface area contributed by atoms with Crippen LogP contribution in [0.5, 0.6) is 0 Å². The van der Waals surface area contributed by atoms with Crippen molar-refractivity contribution in [1.29, 1.82) is 0 Å². The van der Waals surface area contributed by atoms with Gasteiger partial charge in [-0.25, -0.2) is 4.98 Å². The minimum Gasteiger partial charge on any atom is -0.369 e. The zero-order chi connectivity index (χ0) is 26.5. The summed E-state index contributed by atoms with van der Waals surface area (Å²) in [6.07, 6.45) is 2.53. The average molecular weight is 549 g/mol. The molecule has 1 fully saturated rings. The first kappa shape index (κ1) is 26.3. The largest absolute Gasteiger partial charge is 0.369 e. The topological polar surface area (TPSA) is 60.5 Å². The smallest absolute Gasteiger partial charge is 0.253 e. The molecule has 0 spiro atoms. The van der Waals surface area contributed by atoms with E-state index in [0.29, 0.717) is 22.9 Å². The summed E-state index contributed by atoms with van der Waals surface area (Å²) in [6.45, 7) is 7.47. The van der Waals surface area contributed by atoms with Gasteiger partial charge in [0.2, 0.25) is 0 Å². The van der Waals surface area contributed by atoms with Gasteiger partial charge in [-0.2, -0.15) is 0 Å². The van der Waals surface area contributed by atoms with E-state index in [9.17, 15) is 4.79 Å². The minimum absolute atomic E-state index is 0.107. The van der Waals surface area contributed by atoms with E-state index < -0.39 is 0 Å². The van der Waals surface area contributed by atoms with Crippen molar-refractivity contribution in [2.45, 2.75) is 13.3 Å². The number of hydrogen-bond donors (Lipinski definition) is 2. The van der Waals surface area contributed by atoms with Gasteiger partial charge in [0, 0.05) is 65.7 Å². The number of anilines is 3. The van der Waals surface area contributed by atoms with Crippen LogP contribution in [0.25, 0.3) is 10.8 Å². The molecule has 0 bridgehead atoms. The molecule has 0 unspecified atom stereocenters. The van der Waals surface area contributed by atoms with Crippen LogP contribution in [-0.4, -0.2) is 55.1 Å². The second-order valence-electron chi connectivity index (χ2n) is 9.57. The number of carbonyl (C=O) groups excluding carboxylic acids is 1. The molecule has 3 aromatic carbocycles. The van der Waals surface area contributed by atoms with E-state index in [1.807, 2.05) is 67.6 Å². The summed E-state index contributed by atoms with van der Waals surface area (Å²) < 4.78 is 0. The Morgan fingerprint density at radius 1 is 0.947 bits per heavy atom. The molecule has 0 saturated carbocycles. The number of pyridine rings is 1. The second-order valence-corrected chi connectivity index (χ2v) is 10.4. The van der Waals surface area contributed by atoms with Crippen molar-refractivity contribution in [2.24, 2.45) is 0 Å². The first-order chi connectivity index (χ1) is 18.5. The van der Waals surface area contributed by atoms with Crippen molar-refractivity contribution in [3.05, 3.63) is 94.1 Å². The molecule has 0 aliphatic carbocycles. The molecule has 38 heavy (non-hydrogen) atoms. The van der Waals surface area contributed by atoms with Crippen LogP contribution in [0.1, 0.15) is 22.3 Å². The number of piperazine rings is 1. The van der Waals surface area contributed by atoms with Crippen molar-refractivity contribution in [3.8, 4) is 0 Å². The highest BCUT2D eigenvalue weighted by Crippen LogP contribution is 2.29. The van der Waals surface area contributed by atoms with Gasteiger partial charge < -0.3 is 15.5 Å². The third-order valence-corrected chi connectivity index (χ3v) is 7.60. The van der Waals surface area contributed by atoms with E-state index in [-0.39, 0.29) is 5.91 Å². The van der Waals surface area contributed by atoms with Gasteiger partial charge in [0.25, 0.3) is 5.91 Å². The van der Waals surface area contributed by atoms with E-state index in [4.69, 9.17) is 23.2 Å².